The molecule has 0 saturated carbocycles. The van der Waals surface area contributed by atoms with Crippen molar-refractivity contribution in [2.24, 2.45) is 0 Å². The lowest BCUT2D eigenvalue weighted by molar-refractivity contribution is -0.119. The minimum atomic E-state index is 0.00921. The molecule has 2 aromatic carbocycles. The second-order valence-corrected chi connectivity index (χ2v) is 6.41. The van der Waals surface area contributed by atoms with Gasteiger partial charge in [0.1, 0.15) is 0 Å². The van der Waals surface area contributed by atoms with E-state index in [1.165, 1.54) is 11.1 Å². The van der Waals surface area contributed by atoms with E-state index >= 15 is 0 Å². The molecule has 0 bridgehead atoms. The predicted molar refractivity (Wildman–Crippen MR) is 100 cm³/mol. The fraction of sp³-hybridized carbons (Fsp3) is 0.238. The van der Waals surface area contributed by atoms with Crippen molar-refractivity contribution in [1.29, 1.82) is 0 Å². The number of benzene rings is 2. The van der Waals surface area contributed by atoms with Crippen LogP contribution < -0.4 is 5.32 Å². The van der Waals surface area contributed by atoms with E-state index in [1.807, 2.05) is 36.0 Å². The van der Waals surface area contributed by atoms with Crippen molar-refractivity contribution in [3.63, 3.8) is 0 Å². The molecule has 4 heteroatoms. The molecule has 128 valence electrons. The van der Waals surface area contributed by atoms with Crippen LogP contribution in [0, 0.1) is 0 Å². The smallest absolute Gasteiger partial charge is 0.217 e. The molecule has 25 heavy (non-hydrogen) atoms. The Bertz CT molecular complexity index is 822. The van der Waals surface area contributed by atoms with E-state index in [0.29, 0.717) is 0 Å². The van der Waals surface area contributed by atoms with E-state index < -0.39 is 0 Å². The van der Waals surface area contributed by atoms with Gasteiger partial charge in [0.25, 0.3) is 0 Å². The number of carbonyl (C=O) groups is 1. The summed E-state index contributed by atoms with van der Waals surface area (Å²) in [4.78, 5) is 11.1. The third kappa shape index (κ3) is 4.80. The summed E-state index contributed by atoms with van der Waals surface area (Å²) in [5.74, 6) is 0.00921. The van der Waals surface area contributed by atoms with Gasteiger partial charge in [-0.2, -0.15) is 5.10 Å². The number of hydrogen-bond acceptors (Lipinski definition) is 2. The monoisotopic (exact) mass is 333 g/mol. The highest BCUT2D eigenvalue weighted by Crippen LogP contribution is 2.20. The first-order chi connectivity index (χ1) is 12.1. The van der Waals surface area contributed by atoms with E-state index in [4.69, 9.17) is 0 Å². The molecule has 0 aliphatic rings. The van der Waals surface area contributed by atoms with Crippen molar-refractivity contribution >= 4 is 5.91 Å². The van der Waals surface area contributed by atoms with Gasteiger partial charge in [-0.15, -0.1) is 0 Å². The van der Waals surface area contributed by atoms with E-state index in [2.05, 4.69) is 53.0 Å². The van der Waals surface area contributed by atoms with Crippen LogP contribution in [0.15, 0.2) is 67.0 Å². The Morgan fingerprint density at radius 2 is 1.76 bits per heavy atom. The summed E-state index contributed by atoms with van der Waals surface area (Å²) in [6.45, 7) is 4.34. The highest BCUT2D eigenvalue weighted by Gasteiger charge is 2.06. The van der Waals surface area contributed by atoms with Crippen LogP contribution in [-0.2, 0) is 17.8 Å². The highest BCUT2D eigenvalue weighted by atomic mass is 16.1. The summed E-state index contributed by atoms with van der Waals surface area (Å²) in [6.07, 6.45) is 4.80. The van der Waals surface area contributed by atoms with Gasteiger partial charge in [-0.1, -0.05) is 54.6 Å². The normalized spacial score (nSPS) is 11.9. The average Bonchev–Trinajstić information content (AvgIpc) is 3.04. The molecule has 1 aromatic heterocycles. The van der Waals surface area contributed by atoms with Gasteiger partial charge >= 0.3 is 0 Å². The molecule has 1 heterocycles. The van der Waals surface area contributed by atoms with Crippen molar-refractivity contribution < 1.29 is 4.79 Å². The molecular formula is C21H23N3O. The van der Waals surface area contributed by atoms with Crippen molar-refractivity contribution in [3.8, 4) is 11.1 Å². The fourth-order valence-corrected chi connectivity index (χ4v) is 2.95. The molecule has 0 aliphatic heterocycles. The molecule has 3 rings (SSSR count). The maximum atomic E-state index is 11.1. The maximum absolute atomic E-state index is 11.1. The zero-order chi connectivity index (χ0) is 17.6. The van der Waals surface area contributed by atoms with E-state index in [1.54, 1.807) is 6.92 Å². The molecule has 1 amide bonds. The summed E-state index contributed by atoms with van der Waals surface area (Å²) in [5, 5.41) is 7.37. The molecule has 1 N–H and O–H groups in total. The molecule has 0 radical (unpaired) electrons. The van der Waals surface area contributed by atoms with Crippen LogP contribution in [0.25, 0.3) is 11.1 Å². The Morgan fingerprint density at radius 1 is 1.04 bits per heavy atom. The minimum absolute atomic E-state index is 0.00921. The van der Waals surface area contributed by atoms with Gasteiger partial charge in [0.2, 0.25) is 5.91 Å². The molecule has 0 fully saturated rings. The summed E-state index contributed by atoms with van der Waals surface area (Å²) in [7, 11) is 0. The van der Waals surface area contributed by atoms with Gasteiger partial charge in [-0.3, -0.25) is 9.48 Å². The van der Waals surface area contributed by atoms with E-state index in [0.717, 1.165) is 24.1 Å². The van der Waals surface area contributed by atoms with Crippen LogP contribution in [0.3, 0.4) is 0 Å². The van der Waals surface area contributed by atoms with Crippen LogP contribution in [0.2, 0.25) is 0 Å². The second kappa shape index (κ2) is 7.79. The number of nitrogens with zero attached hydrogens (tertiary/aromatic N) is 2. The van der Waals surface area contributed by atoms with Crippen molar-refractivity contribution in [1.82, 2.24) is 15.1 Å². The van der Waals surface area contributed by atoms with E-state index in [9.17, 15) is 4.79 Å². The topological polar surface area (TPSA) is 46.9 Å². The molecule has 0 aliphatic carbocycles. The summed E-state index contributed by atoms with van der Waals surface area (Å²) in [6, 6.07) is 18.9. The Balaban J connectivity index is 1.65. The number of aromatic nitrogens is 2. The van der Waals surface area contributed by atoms with Gasteiger partial charge in [0.15, 0.2) is 0 Å². The fourth-order valence-electron chi connectivity index (χ4n) is 2.95. The number of carbonyl (C=O) groups excluding carboxylic acids is 1. The van der Waals surface area contributed by atoms with Gasteiger partial charge in [-0.25, -0.2) is 0 Å². The lowest BCUT2D eigenvalue weighted by Gasteiger charge is -2.12. The van der Waals surface area contributed by atoms with Gasteiger partial charge in [-0.05, 0) is 30.0 Å². The lowest BCUT2D eigenvalue weighted by Crippen LogP contribution is -2.31. The zero-order valence-corrected chi connectivity index (χ0v) is 14.6. The molecule has 1 atom stereocenters. The Labute approximate surface area is 148 Å². The van der Waals surface area contributed by atoms with Crippen LogP contribution in [0.4, 0.5) is 0 Å². The third-order valence-electron chi connectivity index (χ3n) is 4.10. The first kappa shape index (κ1) is 17.0. The summed E-state index contributed by atoms with van der Waals surface area (Å²) >= 11 is 0. The molecule has 4 nitrogen and oxygen atoms in total. The molecule has 0 saturated heterocycles. The Kier molecular flexibility index (Phi) is 5.29. The summed E-state index contributed by atoms with van der Waals surface area (Å²) < 4.78 is 1.96. The highest BCUT2D eigenvalue weighted by molar-refractivity contribution is 5.73. The molecule has 0 spiro atoms. The number of amides is 1. The molecule has 1 unspecified atom stereocenters. The maximum Gasteiger partial charge on any atom is 0.217 e. The average molecular weight is 333 g/mol. The zero-order valence-electron chi connectivity index (χ0n) is 14.6. The lowest BCUT2D eigenvalue weighted by atomic mass is 10.0. The SMILES string of the molecule is CC(=O)NC(C)Cc1ccc(-c2cnn(Cc3ccccc3)c2)cc1. The second-order valence-electron chi connectivity index (χ2n) is 6.41. The van der Waals surface area contributed by atoms with Crippen LogP contribution in [0.5, 0.6) is 0 Å². The third-order valence-corrected chi connectivity index (χ3v) is 4.10. The van der Waals surface area contributed by atoms with Crippen LogP contribution in [0.1, 0.15) is 25.0 Å². The minimum Gasteiger partial charge on any atom is -0.354 e. The molecule has 3 aromatic rings. The molecular weight excluding hydrogens is 310 g/mol. The van der Waals surface area contributed by atoms with Gasteiger partial charge in [0, 0.05) is 24.7 Å². The van der Waals surface area contributed by atoms with Crippen molar-refractivity contribution in [2.45, 2.75) is 32.9 Å². The summed E-state index contributed by atoms with van der Waals surface area (Å²) in [5.41, 5.74) is 4.70. The first-order valence-electron chi connectivity index (χ1n) is 8.53. The van der Waals surface area contributed by atoms with Crippen molar-refractivity contribution in [3.05, 3.63) is 78.1 Å². The van der Waals surface area contributed by atoms with Crippen molar-refractivity contribution in [2.75, 3.05) is 0 Å². The van der Waals surface area contributed by atoms with Crippen LogP contribution in [-0.4, -0.2) is 21.7 Å². The van der Waals surface area contributed by atoms with Gasteiger partial charge < -0.3 is 5.32 Å². The quantitative estimate of drug-likeness (QED) is 0.748. The van der Waals surface area contributed by atoms with E-state index in [-0.39, 0.29) is 11.9 Å². The largest absolute Gasteiger partial charge is 0.354 e. The number of rotatable bonds is 6. The predicted octanol–water partition coefficient (Wildman–Crippen LogP) is 3.67. The van der Waals surface area contributed by atoms with Crippen LogP contribution >= 0.6 is 0 Å². The number of hydrogen-bond donors (Lipinski definition) is 1. The Hall–Kier alpha value is -2.88. The first-order valence-corrected chi connectivity index (χ1v) is 8.53. The number of nitrogens with one attached hydrogen (secondary N) is 1. The van der Waals surface area contributed by atoms with Gasteiger partial charge in [0.05, 0.1) is 12.7 Å². The standard InChI is InChI=1S/C21H23N3O/c1-16(23-17(2)25)12-18-8-10-20(11-9-18)21-13-22-24(15-21)14-19-6-4-3-5-7-19/h3-11,13,15-16H,12,14H2,1-2H3,(H,23,25). The Morgan fingerprint density at radius 3 is 2.44 bits per heavy atom.